The summed E-state index contributed by atoms with van der Waals surface area (Å²) in [5.41, 5.74) is 0.547. The molecule has 0 aliphatic heterocycles. The molecule has 3 aliphatic rings. The van der Waals surface area contributed by atoms with Crippen LogP contribution in [0.5, 0.6) is 0 Å². The zero-order chi connectivity index (χ0) is 7.19. The van der Waals surface area contributed by atoms with Crippen molar-refractivity contribution in [3.8, 4) is 6.07 Å². The molecular formula is C8H10BrN. The van der Waals surface area contributed by atoms with E-state index >= 15 is 0 Å². The van der Waals surface area contributed by atoms with Gasteiger partial charge in [0.05, 0.1) is 6.07 Å². The standard InChI is InChI=1S/C8H10BrN/c9-5-8-1-6(2-8)7(3-8)4-10/h6-7H,1-3,5H2. The van der Waals surface area contributed by atoms with Gasteiger partial charge in [0, 0.05) is 11.2 Å². The maximum atomic E-state index is 8.71. The fourth-order valence-electron chi connectivity index (χ4n) is 2.45. The molecule has 1 nitrogen and oxygen atoms in total. The molecule has 1 atom stereocenters. The molecule has 0 N–H and O–H groups in total. The first-order valence-electron chi connectivity index (χ1n) is 3.75. The predicted molar refractivity (Wildman–Crippen MR) is 42.7 cm³/mol. The number of hydrogen-bond donors (Lipinski definition) is 0. The quantitative estimate of drug-likeness (QED) is 0.596. The van der Waals surface area contributed by atoms with Crippen LogP contribution >= 0.6 is 15.9 Å². The van der Waals surface area contributed by atoms with Crippen LogP contribution in [0, 0.1) is 28.6 Å². The Morgan fingerprint density at radius 2 is 2.20 bits per heavy atom. The number of alkyl halides is 1. The molecule has 0 saturated heterocycles. The minimum atomic E-state index is 0.387. The molecule has 2 heteroatoms. The fraction of sp³-hybridized carbons (Fsp3) is 0.875. The Kier molecular flexibility index (Phi) is 1.32. The van der Waals surface area contributed by atoms with E-state index in [-0.39, 0.29) is 0 Å². The molecule has 3 aliphatic carbocycles. The van der Waals surface area contributed by atoms with E-state index in [1.807, 2.05) is 0 Å². The van der Waals surface area contributed by atoms with Crippen LogP contribution < -0.4 is 0 Å². The summed E-state index contributed by atoms with van der Waals surface area (Å²) >= 11 is 3.52. The third kappa shape index (κ3) is 0.674. The zero-order valence-corrected chi connectivity index (χ0v) is 7.39. The number of nitriles is 1. The van der Waals surface area contributed by atoms with Crippen molar-refractivity contribution in [1.82, 2.24) is 0 Å². The molecule has 2 bridgehead atoms. The molecular weight excluding hydrogens is 190 g/mol. The van der Waals surface area contributed by atoms with E-state index < -0.39 is 0 Å². The van der Waals surface area contributed by atoms with Crippen LogP contribution in [-0.4, -0.2) is 5.33 Å². The fourth-order valence-corrected chi connectivity index (χ4v) is 3.14. The van der Waals surface area contributed by atoms with Gasteiger partial charge in [-0.25, -0.2) is 0 Å². The normalized spacial score (nSPS) is 50.0. The van der Waals surface area contributed by atoms with Crippen molar-refractivity contribution >= 4 is 15.9 Å². The summed E-state index contributed by atoms with van der Waals surface area (Å²) in [7, 11) is 0. The highest BCUT2D eigenvalue weighted by atomic mass is 79.9. The molecule has 10 heavy (non-hydrogen) atoms. The molecule has 0 spiro atoms. The number of rotatable bonds is 1. The molecule has 3 fully saturated rings. The summed E-state index contributed by atoms with van der Waals surface area (Å²) in [6, 6.07) is 2.39. The van der Waals surface area contributed by atoms with E-state index in [0.717, 1.165) is 17.7 Å². The van der Waals surface area contributed by atoms with E-state index in [2.05, 4.69) is 22.0 Å². The first-order chi connectivity index (χ1) is 4.79. The van der Waals surface area contributed by atoms with Crippen molar-refractivity contribution in [3.05, 3.63) is 0 Å². The molecule has 0 aromatic heterocycles. The first-order valence-corrected chi connectivity index (χ1v) is 4.87. The van der Waals surface area contributed by atoms with Gasteiger partial charge < -0.3 is 0 Å². The molecule has 3 saturated carbocycles. The van der Waals surface area contributed by atoms with Gasteiger partial charge in [-0.1, -0.05) is 15.9 Å². The number of halogens is 1. The van der Waals surface area contributed by atoms with Gasteiger partial charge in [-0.2, -0.15) is 5.26 Å². The van der Waals surface area contributed by atoms with Crippen molar-refractivity contribution in [2.24, 2.45) is 17.3 Å². The van der Waals surface area contributed by atoms with Crippen LogP contribution in [0.3, 0.4) is 0 Å². The smallest absolute Gasteiger partial charge is 0.0658 e. The Bertz CT molecular complexity index is 188. The Morgan fingerprint density at radius 1 is 1.50 bits per heavy atom. The molecule has 3 rings (SSSR count). The van der Waals surface area contributed by atoms with Crippen LogP contribution in [-0.2, 0) is 0 Å². The highest BCUT2D eigenvalue weighted by molar-refractivity contribution is 9.09. The Balaban J connectivity index is 2.10. The van der Waals surface area contributed by atoms with Gasteiger partial charge in [0.1, 0.15) is 0 Å². The van der Waals surface area contributed by atoms with Gasteiger partial charge in [-0.15, -0.1) is 0 Å². The molecule has 0 radical (unpaired) electrons. The van der Waals surface area contributed by atoms with Crippen molar-refractivity contribution < 1.29 is 0 Å². The van der Waals surface area contributed by atoms with Crippen LogP contribution in [0.2, 0.25) is 0 Å². The largest absolute Gasteiger partial charge is 0.198 e. The van der Waals surface area contributed by atoms with Crippen LogP contribution in [0.4, 0.5) is 0 Å². The Hall–Kier alpha value is -0.0300. The summed E-state index contributed by atoms with van der Waals surface area (Å²) < 4.78 is 0. The summed E-state index contributed by atoms with van der Waals surface area (Å²) in [6.07, 6.45) is 3.76. The Labute approximate surface area is 69.5 Å². The highest BCUT2D eigenvalue weighted by Gasteiger charge is 2.55. The van der Waals surface area contributed by atoms with Crippen molar-refractivity contribution in [2.75, 3.05) is 5.33 Å². The van der Waals surface area contributed by atoms with E-state index in [1.165, 1.54) is 12.8 Å². The average molecular weight is 200 g/mol. The monoisotopic (exact) mass is 199 g/mol. The summed E-state index contributed by atoms with van der Waals surface area (Å²) in [6.45, 7) is 0. The molecule has 0 aromatic rings. The van der Waals surface area contributed by atoms with E-state index in [9.17, 15) is 0 Å². The third-order valence-corrected chi connectivity index (χ3v) is 4.25. The van der Waals surface area contributed by atoms with Gasteiger partial charge >= 0.3 is 0 Å². The van der Waals surface area contributed by atoms with E-state index in [1.54, 1.807) is 0 Å². The lowest BCUT2D eigenvalue weighted by Gasteiger charge is -2.36. The maximum absolute atomic E-state index is 8.71. The summed E-state index contributed by atoms with van der Waals surface area (Å²) in [5, 5.41) is 9.81. The summed E-state index contributed by atoms with van der Waals surface area (Å²) in [4.78, 5) is 0. The predicted octanol–water partition coefficient (Wildman–Crippen LogP) is 2.32. The maximum Gasteiger partial charge on any atom is 0.0658 e. The van der Waals surface area contributed by atoms with Crippen molar-refractivity contribution in [2.45, 2.75) is 19.3 Å². The molecule has 0 aromatic carbocycles. The first kappa shape index (κ1) is 6.67. The van der Waals surface area contributed by atoms with Crippen LogP contribution in [0.15, 0.2) is 0 Å². The lowest BCUT2D eigenvalue weighted by molar-refractivity contribution is 0.175. The second kappa shape index (κ2) is 1.98. The second-order valence-corrected chi connectivity index (χ2v) is 4.30. The van der Waals surface area contributed by atoms with Gasteiger partial charge in [-0.05, 0) is 30.6 Å². The van der Waals surface area contributed by atoms with Crippen LogP contribution in [0.25, 0.3) is 0 Å². The van der Waals surface area contributed by atoms with Crippen molar-refractivity contribution in [1.29, 1.82) is 5.26 Å². The molecule has 1 unspecified atom stereocenters. The van der Waals surface area contributed by atoms with Gasteiger partial charge in [0.25, 0.3) is 0 Å². The molecule has 0 amide bonds. The van der Waals surface area contributed by atoms with Crippen molar-refractivity contribution in [3.63, 3.8) is 0 Å². The Morgan fingerprint density at radius 3 is 2.50 bits per heavy atom. The average Bonchev–Trinajstić information content (AvgIpc) is 2.38. The van der Waals surface area contributed by atoms with E-state index in [4.69, 9.17) is 5.26 Å². The van der Waals surface area contributed by atoms with E-state index in [0.29, 0.717) is 11.3 Å². The minimum absolute atomic E-state index is 0.387. The number of fused-ring (bicyclic) bond motifs is 1. The lowest BCUT2D eigenvalue weighted by Crippen LogP contribution is -2.29. The second-order valence-electron chi connectivity index (χ2n) is 3.74. The number of hydrogen-bond acceptors (Lipinski definition) is 1. The number of nitrogens with zero attached hydrogens (tertiary/aromatic N) is 1. The van der Waals surface area contributed by atoms with Gasteiger partial charge in [-0.3, -0.25) is 0 Å². The lowest BCUT2D eigenvalue weighted by atomic mass is 9.71. The van der Waals surface area contributed by atoms with Gasteiger partial charge in [0.2, 0.25) is 0 Å². The molecule has 54 valence electrons. The topological polar surface area (TPSA) is 23.8 Å². The SMILES string of the molecule is N#CC1CC2(CBr)CC1C2. The van der Waals surface area contributed by atoms with Gasteiger partial charge in [0.15, 0.2) is 0 Å². The minimum Gasteiger partial charge on any atom is -0.198 e. The highest BCUT2D eigenvalue weighted by Crippen LogP contribution is 2.62. The zero-order valence-electron chi connectivity index (χ0n) is 5.81. The molecule has 0 heterocycles. The third-order valence-electron chi connectivity index (χ3n) is 3.06. The van der Waals surface area contributed by atoms with Crippen LogP contribution in [0.1, 0.15) is 19.3 Å². The summed E-state index contributed by atoms with van der Waals surface area (Å²) in [5.74, 6) is 1.14.